The maximum absolute atomic E-state index is 14.6. The molecule has 3 heterocycles. The minimum atomic E-state index is -2.05. The van der Waals surface area contributed by atoms with Crippen molar-refractivity contribution in [2.24, 2.45) is 17.8 Å². The summed E-state index contributed by atoms with van der Waals surface area (Å²) in [5.74, 6) is -4.41. The van der Waals surface area contributed by atoms with Crippen molar-refractivity contribution in [1.82, 2.24) is 15.5 Å². The van der Waals surface area contributed by atoms with Crippen LogP contribution >= 0.6 is 0 Å². The SMILES string of the molecule is CC[C@H]1OC(=O)[C@H](C)[C@@H](O[C@@H]2C[C@@](C)(OC)[C@@H](O)[C@H](C)O2)[C@H](C)[C@@H](O[C@@H]2O[C@H](C)C[C@H](N(C)C)[C@H]2O)[C@](C)(OC/C=C/N[C@H](C)Cc2ccc([N+](=O)[O-])cc2)C[C@@H](C)NC(=O)[C@H](C)[C@H](O)[C@@]1(C)O. The third-order valence-electron chi connectivity index (χ3n) is 14.4. The number of esters is 1. The van der Waals surface area contributed by atoms with Crippen LogP contribution in [-0.2, 0) is 49.2 Å². The average molecular weight is 967 g/mol. The number of nitro groups is 1. The maximum Gasteiger partial charge on any atom is 0.311 e. The zero-order chi connectivity index (χ0) is 51.1. The summed E-state index contributed by atoms with van der Waals surface area (Å²) < 4.78 is 45.3. The summed E-state index contributed by atoms with van der Waals surface area (Å²) >= 11 is 0. The van der Waals surface area contributed by atoms with Gasteiger partial charge in [-0.05, 0) is 113 Å². The lowest BCUT2D eigenvalue weighted by molar-refractivity contribution is -0.384. The summed E-state index contributed by atoms with van der Waals surface area (Å²) in [5, 5.41) is 63.9. The lowest BCUT2D eigenvalue weighted by atomic mass is 9.78. The van der Waals surface area contributed by atoms with Crippen molar-refractivity contribution in [3.05, 3.63) is 52.2 Å². The fraction of sp³-hybridized carbons (Fsp3) is 0.796. The Bertz CT molecular complexity index is 1820. The van der Waals surface area contributed by atoms with Crippen molar-refractivity contribution in [3.8, 4) is 0 Å². The Morgan fingerprint density at radius 2 is 1.62 bits per heavy atom. The smallest absolute Gasteiger partial charge is 0.311 e. The highest BCUT2D eigenvalue weighted by atomic mass is 16.7. The van der Waals surface area contributed by atoms with Crippen molar-refractivity contribution in [3.63, 3.8) is 0 Å². The van der Waals surface area contributed by atoms with Crippen LogP contribution in [0.15, 0.2) is 36.5 Å². The molecule has 68 heavy (non-hydrogen) atoms. The van der Waals surface area contributed by atoms with Crippen LogP contribution in [0.2, 0.25) is 0 Å². The molecule has 19 heteroatoms. The number of ether oxygens (including phenoxy) is 7. The number of hydrogen-bond donors (Lipinski definition) is 6. The highest BCUT2D eigenvalue weighted by Crippen LogP contribution is 2.41. The van der Waals surface area contributed by atoms with E-state index in [9.17, 15) is 40.1 Å². The first-order valence-electron chi connectivity index (χ1n) is 24.1. The molecule has 388 valence electrons. The van der Waals surface area contributed by atoms with Crippen molar-refractivity contribution in [1.29, 1.82) is 0 Å². The molecule has 0 saturated carbocycles. The highest BCUT2D eigenvalue weighted by molar-refractivity contribution is 5.79. The number of aliphatic hydroxyl groups excluding tert-OH is 3. The first kappa shape index (κ1) is 57.2. The number of benzene rings is 1. The Morgan fingerprint density at radius 1 is 0.971 bits per heavy atom. The molecular formula is C49H82N4O15. The minimum Gasteiger partial charge on any atom is -0.459 e. The number of carbonyl (C=O) groups excluding carboxylic acids is 2. The molecule has 19 nitrogen and oxygen atoms in total. The Morgan fingerprint density at radius 3 is 2.21 bits per heavy atom. The van der Waals surface area contributed by atoms with Gasteiger partial charge in [-0.3, -0.25) is 19.7 Å². The molecule has 3 saturated heterocycles. The average Bonchev–Trinajstić information content (AvgIpc) is 3.27. The van der Waals surface area contributed by atoms with Gasteiger partial charge < -0.3 is 69.1 Å². The minimum absolute atomic E-state index is 0.0123. The summed E-state index contributed by atoms with van der Waals surface area (Å²) in [6.07, 6.45) is -5.58. The quantitative estimate of drug-likeness (QED) is 0.0832. The number of cyclic esters (lactones) is 1. The molecule has 4 rings (SSSR count). The van der Waals surface area contributed by atoms with Crippen LogP contribution < -0.4 is 10.6 Å². The van der Waals surface area contributed by atoms with E-state index in [1.165, 1.54) is 33.1 Å². The number of non-ortho nitro benzene ring substituents is 1. The van der Waals surface area contributed by atoms with Gasteiger partial charge in [-0.1, -0.05) is 32.9 Å². The molecule has 6 N–H and O–H groups in total. The number of methoxy groups -OCH3 is 1. The summed E-state index contributed by atoms with van der Waals surface area (Å²) in [7, 11) is 5.23. The standard InChI is InChI=1S/C49H82N4O15/c1-15-37-49(11,59)41(55)32(7)44(57)51-28(3)25-48(10,63-22-16-21-50-27(2)23-34-17-19-35(20-18-34)53(60)61)43(68-46-39(54)36(52(12)13)24-29(4)64-46)30(5)40(31(6)45(58)66-37)67-38-26-47(9,62-14)42(56)33(8)65-38/h16-21,27-33,36-43,46,50,54-56,59H,15,22-26H2,1-14H3,(H,51,57)/b21-16+/t27-,28-,29-,30+,31-,32-,33+,36+,37-,38-,39-,40+,41+,42+,43-,46+,47-,48-,49+/m1/s1. The molecule has 3 fully saturated rings. The summed E-state index contributed by atoms with van der Waals surface area (Å²) in [5.41, 5.74) is -3.60. The number of nitro benzene ring substituents is 1. The molecule has 0 aliphatic carbocycles. The normalized spacial score (nSPS) is 40.8. The van der Waals surface area contributed by atoms with Gasteiger partial charge in [-0.15, -0.1) is 0 Å². The number of nitrogens with one attached hydrogen (secondary N) is 2. The van der Waals surface area contributed by atoms with Gasteiger partial charge in [0.05, 0.1) is 65.1 Å². The fourth-order valence-corrected chi connectivity index (χ4v) is 10.1. The third-order valence-corrected chi connectivity index (χ3v) is 14.4. The monoisotopic (exact) mass is 967 g/mol. The van der Waals surface area contributed by atoms with Crippen LogP contribution in [0.4, 0.5) is 5.69 Å². The van der Waals surface area contributed by atoms with Gasteiger partial charge in [0.25, 0.3) is 5.69 Å². The summed E-state index contributed by atoms with van der Waals surface area (Å²) in [6.45, 7) is 18.9. The van der Waals surface area contributed by atoms with E-state index >= 15 is 0 Å². The van der Waals surface area contributed by atoms with Crippen molar-refractivity contribution in [2.45, 2.75) is 205 Å². The lowest BCUT2D eigenvalue weighted by Gasteiger charge is -2.49. The van der Waals surface area contributed by atoms with Crippen molar-refractivity contribution < 1.29 is 68.1 Å². The van der Waals surface area contributed by atoms with Gasteiger partial charge in [0.1, 0.15) is 23.9 Å². The topological polar surface area (TPSA) is 250 Å². The molecule has 0 unspecified atom stereocenters. The molecule has 0 bridgehead atoms. The maximum atomic E-state index is 14.6. The number of aliphatic hydroxyl groups is 4. The molecule has 19 atom stereocenters. The molecule has 1 amide bonds. The first-order valence-corrected chi connectivity index (χ1v) is 24.1. The van der Waals surface area contributed by atoms with Crippen LogP contribution in [0.25, 0.3) is 0 Å². The predicted molar refractivity (Wildman–Crippen MR) is 252 cm³/mol. The Kier molecular flexibility index (Phi) is 20.4. The van der Waals surface area contributed by atoms with Crippen molar-refractivity contribution >= 4 is 17.6 Å². The Labute approximate surface area is 402 Å². The van der Waals surface area contributed by atoms with Gasteiger partial charge in [0.2, 0.25) is 5.91 Å². The first-order chi connectivity index (χ1) is 31.7. The lowest BCUT2D eigenvalue weighted by Crippen LogP contribution is -2.61. The predicted octanol–water partition coefficient (Wildman–Crippen LogP) is 3.75. The number of rotatable bonds is 15. The van der Waals surface area contributed by atoms with Gasteiger partial charge >= 0.3 is 5.97 Å². The Hall–Kier alpha value is -3.34. The zero-order valence-electron chi connectivity index (χ0n) is 42.6. The second kappa shape index (κ2) is 24.2. The Balaban J connectivity index is 1.84. The fourth-order valence-electron chi connectivity index (χ4n) is 10.1. The molecule has 1 aromatic carbocycles. The van der Waals surface area contributed by atoms with Gasteiger partial charge in [-0.25, -0.2) is 0 Å². The van der Waals surface area contributed by atoms with Gasteiger partial charge in [0.15, 0.2) is 12.6 Å². The number of carbonyl (C=O) groups is 2. The number of hydrogen-bond acceptors (Lipinski definition) is 17. The van der Waals surface area contributed by atoms with E-state index in [1.807, 2.05) is 46.7 Å². The van der Waals surface area contributed by atoms with E-state index in [0.29, 0.717) is 12.8 Å². The van der Waals surface area contributed by atoms with E-state index in [1.54, 1.807) is 59.0 Å². The third kappa shape index (κ3) is 14.0. The summed E-state index contributed by atoms with van der Waals surface area (Å²) in [6, 6.07) is 5.32. The second-order valence-electron chi connectivity index (χ2n) is 20.4. The molecule has 0 aromatic heterocycles. The summed E-state index contributed by atoms with van der Waals surface area (Å²) in [4.78, 5) is 41.1. The van der Waals surface area contributed by atoms with E-state index in [2.05, 4.69) is 10.6 Å². The molecule has 1 aromatic rings. The molecule has 3 aliphatic rings. The van der Waals surface area contributed by atoms with Gasteiger partial charge in [0, 0.05) is 49.7 Å². The van der Waals surface area contributed by atoms with Crippen LogP contribution in [0.3, 0.4) is 0 Å². The number of amides is 1. The number of nitrogens with zero attached hydrogens (tertiary/aromatic N) is 2. The molecule has 3 aliphatic heterocycles. The van der Waals surface area contributed by atoms with E-state index in [-0.39, 0.29) is 49.7 Å². The van der Waals surface area contributed by atoms with Crippen LogP contribution in [0.5, 0.6) is 0 Å². The van der Waals surface area contributed by atoms with Crippen LogP contribution in [0.1, 0.15) is 107 Å². The second-order valence-corrected chi connectivity index (χ2v) is 20.4. The molecule has 0 radical (unpaired) electrons. The zero-order valence-corrected chi connectivity index (χ0v) is 42.6. The van der Waals surface area contributed by atoms with Crippen LogP contribution in [-0.4, -0.2) is 166 Å². The largest absolute Gasteiger partial charge is 0.459 e. The van der Waals surface area contributed by atoms with Gasteiger partial charge in [-0.2, -0.15) is 0 Å². The van der Waals surface area contributed by atoms with E-state index < -0.39 is 113 Å². The van der Waals surface area contributed by atoms with Crippen molar-refractivity contribution in [2.75, 3.05) is 27.8 Å². The molecular weight excluding hydrogens is 885 g/mol. The van der Waals surface area contributed by atoms with Crippen LogP contribution in [0, 0.1) is 27.9 Å². The number of likely N-dealkylation sites (N-methyl/N-ethyl adjacent to an activating group) is 1. The van der Waals surface area contributed by atoms with E-state index in [4.69, 9.17) is 33.2 Å². The highest BCUT2D eigenvalue weighted by Gasteiger charge is 2.53. The van der Waals surface area contributed by atoms with E-state index in [0.717, 1.165) is 5.56 Å². The molecule has 0 spiro atoms.